The van der Waals surface area contributed by atoms with Crippen LogP contribution in [-0.4, -0.2) is 60.5 Å². The normalized spacial score (nSPS) is 26.7. The molecule has 1 unspecified atom stereocenters. The summed E-state index contributed by atoms with van der Waals surface area (Å²) in [6, 6.07) is 6.48. The molecule has 2 spiro atoms. The van der Waals surface area contributed by atoms with E-state index in [1.807, 2.05) is 4.90 Å². The van der Waals surface area contributed by atoms with Crippen LogP contribution in [-0.2, 0) is 16.0 Å². The van der Waals surface area contributed by atoms with Crippen LogP contribution in [0.15, 0.2) is 24.4 Å². The Labute approximate surface area is 211 Å². The molecule has 2 aromatic rings. The van der Waals surface area contributed by atoms with E-state index in [9.17, 15) is 9.59 Å². The van der Waals surface area contributed by atoms with Crippen LogP contribution < -0.4 is 25.8 Å². The van der Waals surface area contributed by atoms with Gasteiger partial charge in [0.2, 0.25) is 17.8 Å². The Hall–Kier alpha value is -3.20. The van der Waals surface area contributed by atoms with Gasteiger partial charge in [-0.15, -0.1) is 0 Å². The lowest BCUT2D eigenvalue weighted by molar-refractivity contribution is -0.140. The van der Waals surface area contributed by atoms with Crippen LogP contribution >= 0.6 is 0 Å². The largest absolute Gasteiger partial charge is 0.370 e. The van der Waals surface area contributed by atoms with Crippen LogP contribution in [0.1, 0.15) is 43.2 Å². The van der Waals surface area contributed by atoms with E-state index in [-0.39, 0.29) is 17.9 Å². The van der Waals surface area contributed by atoms with Gasteiger partial charge in [-0.1, -0.05) is 12.8 Å². The number of amides is 2. The number of carbonyl (C=O) groups excluding carboxylic acids is 2. The molecule has 4 fully saturated rings. The van der Waals surface area contributed by atoms with Gasteiger partial charge in [-0.05, 0) is 49.9 Å². The van der Waals surface area contributed by atoms with Gasteiger partial charge in [0.25, 0.3) is 0 Å². The first-order chi connectivity index (χ1) is 17.5. The maximum absolute atomic E-state index is 13.8. The highest BCUT2D eigenvalue weighted by Crippen LogP contribution is 2.44. The summed E-state index contributed by atoms with van der Waals surface area (Å²) in [5.74, 6) is 0.909. The highest BCUT2D eigenvalue weighted by atomic mass is 16.2. The Morgan fingerprint density at radius 1 is 1.14 bits per heavy atom. The van der Waals surface area contributed by atoms with E-state index >= 15 is 0 Å². The van der Waals surface area contributed by atoms with Gasteiger partial charge < -0.3 is 20.9 Å². The summed E-state index contributed by atoms with van der Waals surface area (Å²) in [6.45, 7) is 7.18. The van der Waals surface area contributed by atoms with Gasteiger partial charge in [0, 0.05) is 73.7 Å². The second-order valence-electron chi connectivity index (χ2n) is 11.5. The zero-order chi connectivity index (χ0) is 24.5. The molecule has 9 nitrogen and oxygen atoms in total. The topological polar surface area (TPSA) is 102 Å². The number of carbonyl (C=O) groups is 2. The minimum Gasteiger partial charge on any atom is -0.370 e. The smallest absolute Gasteiger partial charge is 0.244 e. The molecule has 5 aliphatic rings. The molecule has 3 N–H and O–H groups in total. The third-order valence-electron chi connectivity index (χ3n) is 9.00. The minimum atomic E-state index is -1.01. The Kier molecular flexibility index (Phi) is 4.83. The molecule has 5 heterocycles. The summed E-state index contributed by atoms with van der Waals surface area (Å²) in [7, 11) is 0. The average molecular weight is 488 g/mol. The zero-order valence-corrected chi connectivity index (χ0v) is 20.8. The third-order valence-corrected chi connectivity index (χ3v) is 9.00. The van der Waals surface area contributed by atoms with Crippen molar-refractivity contribution in [3.8, 4) is 0 Å². The van der Waals surface area contributed by atoms with Crippen molar-refractivity contribution >= 4 is 35.0 Å². The molecule has 1 aromatic heterocycles. The molecule has 1 saturated carbocycles. The molecular weight excluding hydrogens is 454 g/mol. The second kappa shape index (κ2) is 7.90. The number of hydrogen-bond acceptors (Lipinski definition) is 7. The Morgan fingerprint density at radius 3 is 2.61 bits per heavy atom. The quantitative estimate of drug-likeness (QED) is 0.569. The van der Waals surface area contributed by atoms with Crippen molar-refractivity contribution in [3.63, 3.8) is 0 Å². The molecule has 1 atom stereocenters. The molecule has 1 aliphatic carbocycles. The fraction of sp³-hybridized carbons (Fsp3) is 0.556. The van der Waals surface area contributed by atoms with E-state index in [1.165, 1.54) is 11.3 Å². The number of aromatic nitrogens is 2. The maximum atomic E-state index is 13.8. The Morgan fingerprint density at radius 2 is 1.94 bits per heavy atom. The summed E-state index contributed by atoms with van der Waals surface area (Å²) >= 11 is 0. The molecule has 36 heavy (non-hydrogen) atoms. The number of nitrogens with zero attached hydrogens (tertiary/aromatic N) is 4. The van der Waals surface area contributed by atoms with E-state index in [4.69, 9.17) is 4.98 Å². The SMILES string of the molecule is Cc1cc(Nc2ncc3c(n2)N(C2CCCC2)C(=O)C2(CCNC2=O)C3)ccc1N1CC2(CNC2)C1. The van der Waals surface area contributed by atoms with Crippen molar-refractivity contribution in [3.05, 3.63) is 35.5 Å². The van der Waals surface area contributed by atoms with Crippen LogP contribution in [0.3, 0.4) is 0 Å². The van der Waals surface area contributed by atoms with Crippen molar-refractivity contribution in [1.82, 2.24) is 20.6 Å². The zero-order valence-electron chi connectivity index (χ0n) is 20.8. The summed E-state index contributed by atoms with van der Waals surface area (Å²) in [5.41, 5.74) is 3.79. The number of aryl methyl sites for hydroxylation is 1. The molecule has 3 saturated heterocycles. The minimum absolute atomic E-state index is 0.0873. The summed E-state index contributed by atoms with van der Waals surface area (Å²) < 4.78 is 0. The summed E-state index contributed by atoms with van der Waals surface area (Å²) in [4.78, 5) is 40.4. The maximum Gasteiger partial charge on any atom is 0.244 e. The molecule has 9 heteroatoms. The van der Waals surface area contributed by atoms with E-state index in [0.717, 1.165) is 63.1 Å². The number of anilines is 4. The number of rotatable bonds is 4. The molecule has 2 amide bonds. The molecule has 4 aliphatic heterocycles. The van der Waals surface area contributed by atoms with Gasteiger partial charge in [0.15, 0.2) is 0 Å². The van der Waals surface area contributed by atoms with Crippen LogP contribution in [0.5, 0.6) is 0 Å². The lowest BCUT2D eigenvalue weighted by Gasteiger charge is -2.57. The molecule has 0 bridgehead atoms. The van der Waals surface area contributed by atoms with E-state index < -0.39 is 5.41 Å². The number of nitrogens with one attached hydrogen (secondary N) is 3. The van der Waals surface area contributed by atoms with Crippen molar-refractivity contribution in [2.24, 2.45) is 10.8 Å². The predicted molar refractivity (Wildman–Crippen MR) is 138 cm³/mol. The van der Waals surface area contributed by atoms with Crippen LogP contribution in [0.2, 0.25) is 0 Å². The van der Waals surface area contributed by atoms with Gasteiger partial charge >= 0.3 is 0 Å². The summed E-state index contributed by atoms with van der Waals surface area (Å²) in [6.07, 6.45) is 6.80. The predicted octanol–water partition coefficient (Wildman–Crippen LogP) is 2.28. The number of hydrogen-bond donors (Lipinski definition) is 3. The van der Waals surface area contributed by atoms with Gasteiger partial charge in [0.1, 0.15) is 11.2 Å². The van der Waals surface area contributed by atoms with Crippen LogP contribution in [0, 0.1) is 17.8 Å². The number of benzene rings is 1. The lowest BCUT2D eigenvalue weighted by Crippen LogP contribution is -2.71. The van der Waals surface area contributed by atoms with E-state index in [1.54, 1.807) is 6.20 Å². The Balaban J connectivity index is 1.16. The highest BCUT2D eigenvalue weighted by Gasteiger charge is 2.56. The standard InChI is InChI=1S/C27H33N7O2/c1-17-10-19(6-7-21(17)33-15-26(16-33)13-28-14-26)31-25-30-12-18-11-27(8-9-29-23(27)35)24(36)34(22(18)32-25)20-4-2-3-5-20/h6-7,10,12,20,28H,2-5,8-9,11,13-16H2,1H3,(H,29,35)(H,30,31,32). The monoisotopic (exact) mass is 487 g/mol. The molecular formula is C27H33N7O2. The molecule has 0 radical (unpaired) electrons. The van der Waals surface area contributed by atoms with Gasteiger partial charge in [-0.3, -0.25) is 14.5 Å². The highest BCUT2D eigenvalue weighted by molar-refractivity contribution is 6.14. The first kappa shape index (κ1) is 22.0. The lowest BCUT2D eigenvalue weighted by atomic mass is 9.74. The fourth-order valence-corrected chi connectivity index (χ4v) is 6.92. The first-order valence-corrected chi connectivity index (χ1v) is 13.3. The van der Waals surface area contributed by atoms with Crippen molar-refractivity contribution in [2.45, 2.75) is 51.5 Å². The third kappa shape index (κ3) is 3.25. The molecule has 1 aromatic carbocycles. The molecule has 188 valence electrons. The molecule has 7 rings (SSSR count). The first-order valence-electron chi connectivity index (χ1n) is 13.3. The van der Waals surface area contributed by atoms with Crippen LogP contribution in [0.25, 0.3) is 0 Å². The van der Waals surface area contributed by atoms with Gasteiger partial charge in [-0.2, -0.15) is 4.98 Å². The van der Waals surface area contributed by atoms with E-state index in [0.29, 0.717) is 36.6 Å². The van der Waals surface area contributed by atoms with E-state index in [2.05, 4.69) is 51.0 Å². The van der Waals surface area contributed by atoms with Crippen molar-refractivity contribution in [1.29, 1.82) is 0 Å². The van der Waals surface area contributed by atoms with Crippen molar-refractivity contribution < 1.29 is 9.59 Å². The van der Waals surface area contributed by atoms with Gasteiger partial charge in [0.05, 0.1) is 0 Å². The number of fused-ring (bicyclic) bond motifs is 1. The second-order valence-corrected chi connectivity index (χ2v) is 11.5. The van der Waals surface area contributed by atoms with Crippen molar-refractivity contribution in [2.75, 3.05) is 47.8 Å². The summed E-state index contributed by atoms with van der Waals surface area (Å²) in [5, 5.41) is 9.64. The Bertz CT molecular complexity index is 1240. The average Bonchev–Trinajstić information content (AvgIpc) is 3.45. The van der Waals surface area contributed by atoms with Gasteiger partial charge in [-0.25, -0.2) is 4.98 Å². The fourth-order valence-electron chi connectivity index (χ4n) is 6.92. The van der Waals surface area contributed by atoms with Crippen LogP contribution in [0.4, 0.5) is 23.1 Å².